The van der Waals surface area contributed by atoms with Crippen LogP contribution in [-0.4, -0.2) is 29.9 Å². The molecular formula is C12H13NO3. The molecule has 1 aromatic carbocycles. The van der Waals surface area contributed by atoms with Gasteiger partial charge in [-0.3, -0.25) is 4.79 Å². The number of aldehydes is 1. The monoisotopic (exact) mass is 219 g/mol. The van der Waals surface area contributed by atoms with E-state index < -0.39 is 0 Å². The van der Waals surface area contributed by atoms with E-state index in [1.807, 2.05) is 30.3 Å². The Morgan fingerprint density at radius 1 is 1.31 bits per heavy atom. The van der Waals surface area contributed by atoms with Crippen molar-refractivity contribution in [1.29, 1.82) is 0 Å². The van der Waals surface area contributed by atoms with E-state index in [0.29, 0.717) is 19.4 Å². The second-order valence-corrected chi connectivity index (χ2v) is 3.74. The van der Waals surface area contributed by atoms with E-state index in [-0.39, 0.29) is 12.3 Å². The maximum atomic E-state index is 10.7. The van der Waals surface area contributed by atoms with Gasteiger partial charge in [0.25, 0.3) is 0 Å². The Labute approximate surface area is 93.8 Å². The number of carbonyl (C=O) groups is 2. The summed E-state index contributed by atoms with van der Waals surface area (Å²) in [6.07, 6.45) is 1.78. The van der Waals surface area contributed by atoms with Crippen LogP contribution in [0.3, 0.4) is 0 Å². The summed E-state index contributed by atoms with van der Waals surface area (Å²) in [6.45, 7) is 0.460. The maximum absolute atomic E-state index is 10.7. The third-order valence-corrected chi connectivity index (χ3v) is 2.72. The summed E-state index contributed by atoms with van der Waals surface area (Å²) in [5.74, 6) is 0. The number of likely N-dealkylation sites (tertiary alicyclic amines) is 1. The van der Waals surface area contributed by atoms with Crippen LogP contribution in [-0.2, 0) is 20.9 Å². The summed E-state index contributed by atoms with van der Waals surface area (Å²) in [7, 11) is 0. The predicted octanol–water partition coefficient (Wildman–Crippen LogP) is 0.959. The van der Waals surface area contributed by atoms with Crippen molar-refractivity contribution in [3.8, 4) is 0 Å². The van der Waals surface area contributed by atoms with Gasteiger partial charge in [-0.2, -0.15) is 0 Å². The predicted molar refractivity (Wildman–Crippen MR) is 57.4 cm³/mol. The lowest BCUT2D eigenvalue weighted by Gasteiger charge is -2.42. The molecule has 0 aliphatic carbocycles. The second kappa shape index (κ2) is 4.90. The van der Waals surface area contributed by atoms with Gasteiger partial charge in [-0.15, -0.1) is 0 Å². The Morgan fingerprint density at radius 2 is 2.06 bits per heavy atom. The molecule has 4 heteroatoms. The molecule has 16 heavy (non-hydrogen) atoms. The lowest BCUT2D eigenvalue weighted by molar-refractivity contribution is -0.173. The number of amides is 1. The topological polar surface area (TPSA) is 46.6 Å². The molecule has 0 radical (unpaired) electrons. The molecule has 0 bridgehead atoms. The van der Waals surface area contributed by atoms with Crippen LogP contribution in [0.5, 0.6) is 0 Å². The summed E-state index contributed by atoms with van der Waals surface area (Å²) in [6, 6.07) is 9.42. The first-order chi connectivity index (χ1) is 7.85. The largest absolute Gasteiger partial charge is 0.354 e. The standard InChI is InChI=1S/C12H13NO3/c14-7-11-6-12(13(11)9-15)16-8-10-4-2-1-3-5-10/h1-5,7,9,11-12H,6,8H2/t11?,12-/m0/s1. The van der Waals surface area contributed by atoms with Gasteiger partial charge in [-0.1, -0.05) is 30.3 Å². The van der Waals surface area contributed by atoms with Gasteiger partial charge in [0.05, 0.1) is 12.6 Å². The molecule has 1 amide bonds. The molecule has 2 rings (SSSR count). The van der Waals surface area contributed by atoms with Crippen molar-refractivity contribution in [1.82, 2.24) is 4.90 Å². The summed E-state index contributed by atoms with van der Waals surface area (Å²) in [5.41, 5.74) is 1.06. The Bertz CT molecular complexity index is 366. The molecule has 2 atom stereocenters. The van der Waals surface area contributed by atoms with Gasteiger partial charge in [-0.05, 0) is 5.56 Å². The molecule has 0 N–H and O–H groups in total. The van der Waals surface area contributed by atoms with Crippen molar-refractivity contribution in [2.75, 3.05) is 0 Å². The van der Waals surface area contributed by atoms with E-state index in [1.165, 1.54) is 4.90 Å². The van der Waals surface area contributed by atoms with Crippen molar-refractivity contribution in [2.24, 2.45) is 0 Å². The molecule has 1 aromatic rings. The van der Waals surface area contributed by atoms with Crippen LogP contribution in [0.25, 0.3) is 0 Å². The van der Waals surface area contributed by atoms with Crippen molar-refractivity contribution in [3.05, 3.63) is 35.9 Å². The van der Waals surface area contributed by atoms with Gasteiger partial charge >= 0.3 is 0 Å². The number of rotatable bonds is 5. The maximum Gasteiger partial charge on any atom is 0.212 e. The van der Waals surface area contributed by atoms with E-state index >= 15 is 0 Å². The minimum atomic E-state index is -0.307. The molecule has 0 spiro atoms. The first kappa shape index (κ1) is 10.8. The lowest BCUT2D eigenvalue weighted by atomic mass is 10.0. The third kappa shape index (κ3) is 2.12. The highest BCUT2D eigenvalue weighted by Gasteiger charge is 2.37. The average molecular weight is 219 g/mol. The molecule has 1 aliphatic rings. The number of ether oxygens (including phenoxy) is 1. The Kier molecular flexibility index (Phi) is 3.31. The lowest BCUT2D eigenvalue weighted by Crippen LogP contribution is -2.56. The molecule has 1 aliphatic heterocycles. The van der Waals surface area contributed by atoms with E-state index in [9.17, 15) is 9.59 Å². The van der Waals surface area contributed by atoms with Crippen LogP contribution in [0.15, 0.2) is 30.3 Å². The first-order valence-electron chi connectivity index (χ1n) is 5.18. The molecule has 84 valence electrons. The fourth-order valence-corrected chi connectivity index (χ4v) is 1.72. The fraction of sp³-hybridized carbons (Fsp3) is 0.333. The molecule has 1 saturated heterocycles. The van der Waals surface area contributed by atoms with Gasteiger partial charge in [-0.25, -0.2) is 0 Å². The van der Waals surface area contributed by atoms with Gasteiger partial charge in [0.2, 0.25) is 6.41 Å². The smallest absolute Gasteiger partial charge is 0.212 e. The molecule has 4 nitrogen and oxygen atoms in total. The number of hydrogen-bond acceptors (Lipinski definition) is 3. The summed E-state index contributed by atoms with van der Waals surface area (Å²) in [4.78, 5) is 22.6. The van der Waals surface area contributed by atoms with E-state index in [4.69, 9.17) is 4.74 Å². The molecular weight excluding hydrogens is 206 g/mol. The van der Waals surface area contributed by atoms with Gasteiger partial charge in [0.15, 0.2) is 0 Å². The second-order valence-electron chi connectivity index (χ2n) is 3.74. The van der Waals surface area contributed by atoms with Crippen LogP contribution in [0.2, 0.25) is 0 Å². The zero-order chi connectivity index (χ0) is 11.4. The van der Waals surface area contributed by atoms with Crippen LogP contribution in [0, 0.1) is 0 Å². The highest BCUT2D eigenvalue weighted by Crippen LogP contribution is 2.24. The van der Waals surface area contributed by atoms with Crippen LogP contribution >= 0.6 is 0 Å². The number of nitrogens with zero attached hydrogens (tertiary/aromatic N) is 1. The molecule has 1 fully saturated rings. The fourth-order valence-electron chi connectivity index (χ4n) is 1.72. The van der Waals surface area contributed by atoms with Gasteiger partial charge in [0, 0.05) is 6.42 Å². The van der Waals surface area contributed by atoms with Crippen molar-refractivity contribution in [3.63, 3.8) is 0 Å². The normalized spacial score (nSPS) is 23.6. The molecule has 0 saturated carbocycles. The van der Waals surface area contributed by atoms with Gasteiger partial charge < -0.3 is 14.4 Å². The quantitative estimate of drug-likeness (QED) is 0.693. The van der Waals surface area contributed by atoms with Crippen LogP contribution < -0.4 is 0 Å². The minimum absolute atomic E-state index is 0.257. The first-order valence-corrected chi connectivity index (χ1v) is 5.18. The van der Waals surface area contributed by atoms with Gasteiger partial charge in [0.1, 0.15) is 12.5 Å². The summed E-state index contributed by atoms with van der Waals surface area (Å²) in [5, 5.41) is 0. The minimum Gasteiger partial charge on any atom is -0.354 e. The van der Waals surface area contributed by atoms with E-state index in [1.54, 1.807) is 0 Å². The third-order valence-electron chi connectivity index (χ3n) is 2.72. The van der Waals surface area contributed by atoms with E-state index in [2.05, 4.69) is 0 Å². The summed E-state index contributed by atoms with van der Waals surface area (Å²) < 4.78 is 5.54. The highest BCUT2D eigenvalue weighted by atomic mass is 16.5. The Hall–Kier alpha value is -1.68. The molecule has 1 heterocycles. The average Bonchev–Trinajstić information content (AvgIpc) is 2.30. The van der Waals surface area contributed by atoms with E-state index in [0.717, 1.165) is 11.8 Å². The highest BCUT2D eigenvalue weighted by molar-refractivity contribution is 5.66. The molecule has 0 aromatic heterocycles. The van der Waals surface area contributed by atoms with Crippen molar-refractivity contribution < 1.29 is 14.3 Å². The van der Waals surface area contributed by atoms with Crippen molar-refractivity contribution in [2.45, 2.75) is 25.3 Å². The van der Waals surface area contributed by atoms with Crippen LogP contribution in [0.1, 0.15) is 12.0 Å². The summed E-state index contributed by atoms with van der Waals surface area (Å²) >= 11 is 0. The Morgan fingerprint density at radius 3 is 2.69 bits per heavy atom. The zero-order valence-corrected chi connectivity index (χ0v) is 8.78. The van der Waals surface area contributed by atoms with Crippen LogP contribution in [0.4, 0.5) is 0 Å². The van der Waals surface area contributed by atoms with Crippen molar-refractivity contribution >= 4 is 12.7 Å². The zero-order valence-electron chi connectivity index (χ0n) is 8.78. The Balaban J connectivity index is 1.84. The number of hydrogen-bond donors (Lipinski definition) is 0. The number of carbonyl (C=O) groups excluding carboxylic acids is 2. The molecule has 1 unspecified atom stereocenters. The number of benzene rings is 1. The SMILES string of the molecule is O=CC1C[C@H](OCc2ccccc2)N1C=O.